The van der Waals surface area contributed by atoms with Crippen LogP contribution in [-0.2, 0) is 0 Å². The average molecular weight is 232 g/mol. The smallest absolute Gasteiger partial charge is 0.0488 e. The Kier molecular flexibility index (Phi) is 2.43. The van der Waals surface area contributed by atoms with Crippen molar-refractivity contribution in [2.45, 2.75) is 51.0 Å². The molecule has 0 aromatic carbocycles. The van der Waals surface area contributed by atoms with E-state index in [0.717, 1.165) is 12.3 Å². The van der Waals surface area contributed by atoms with Gasteiger partial charge in [-0.3, -0.25) is 0 Å². The number of rotatable bonds is 1. The minimum atomic E-state index is 0. The van der Waals surface area contributed by atoms with Crippen molar-refractivity contribution in [1.29, 1.82) is 0 Å². The summed E-state index contributed by atoms with van der Waals surface area (Å²) in [6.45, 7) is 2.74. The second-order valence-electron chi connectivity index (χ2n) is 6.84. The van der Waals surface area contributed by atoms with E-state index >= 15 is 0 Å². The van der Waals surface area contributed by atoms with Crippen molar-refractivity contribution in [3.05, 3.63) is 0 Å². The van der Waals surface area contributed by atoms with E-state index in [1.807, 2.05) is 0 Å². The van der Waals surface area contributed by atoms with Crippen molar-refractivity contribution < 1.29 is 5.11 Å². The standard InChI is InChI=1S/C12H21NO.ClH/c1-10-2-9-3-11(5-10,8-14)7-12(13,4-9)6-10;/h9,14H,2-8,13H2,1H3;1H. The van der Waals surface area contributed by atoms with Crippen molar-refractivity contribution in [3.8, 4) is 0 Å². The molecule has 0 radical (unpaired) electrons. The third-order valence-electron chi connectivity index (χ3n) is 4.84. The van der Waals surface area contributed by atoms with Gasteiger partial charge in [0, 0.05) is 12.1 Å². The van der Waals surface area contributed by atoms with Crippen LogP contribution in [0.2, 0.25) is 0 Å². The van der Waals surface area contributed by atoms with Crippen LogP contribution in [-0.4, -0.2) is 17.3 Å². The highest BCUT2D eigenvalue weighted by Gasteiger charge is 2.60. The first-order valence-corrected chi connectivity index (χ1v) is 5.87. The molecule has 4 aliphatic rings. The van der Waals surface area contributed by atoms with Gasteiger partial charge >= 0.3 is 0 Å². The molecule has 4 unspecified atom stereocenters. The monoisotopic (exact) mass is 231 g/mol. The minimum Gasteiger partial charge on any atom is -0.396 e. The first-order chi connectivity index (χ1) is 6.47. The van der Waals surface area contributed by atoms with Gasteiger partial charge in [0.15, 0.2) is 0 Å². The average Bonchev–Trinajstić information content (AvgIpc) is 1.97. The lowest BCUT2D eigenvalue weighted by molar-refractivity contribution is -0.132. The Balaban J connectivity index is 0.000000853. The van der Waals surface area contributed by atoms with E-state index < -0.39 is 0 Å². The Hall–Kier alpha value is 0.210. The van der Waals surface area contributed by atoms with E-state index in [-0.39, 0.29) is 23.4 Å². The molecule has 4 atom stereocenters. The van der Waals surface area contributed by atoms with Gasteiger partial charge in [-0.1, -0.05) is 6.92 Å². The maximum Gasteiger partial charge on any atom is 0.0488 e. The molecule has 4 aliphatic carbocycles. The largest absolute Gasteiger partial charge is 0.396 e. The fraction of sp³-hybridized carbons (Fsp3) is 1.00. The van der Waals surface area contributed by atoms with Crippen molar-refractivity contribution in [3.63, 3.8) is 0 Å². The van der Waals surface area contributed by atoms with Crippen LogP contribution in [0.1, 0.15) is 45.4 Å². The summed E-state index contributed by atoms with van der Waals surface area (Å²) in [6, 6.07) is 0. The molecular weight excluding hydrogens is 210 g/mol. The van der Waals surface area contributed by atoms with Crippen molar-refractivity contribution in [2.75, 3.05) is 6.61 Å². The lowest BCUT2D eigenvalue weighted by Gasteiger charge is -2.64. The number of nitrogens with two attached hydrogens (primary N) is 1. The van der Waals surface area contributed by atoms with Gasteiger partial charge in [0.05, 0.1) is 0 Å². The predicted molar refractivity (Wildman–Crippen MR) is 63.0 cm³/mol. The summed E-state index contributed by atoms with van der Waals surface area (Å²) in [5.41, 5.74) is 7.16. The van der Waals surface area contributed by atoms with Crippen LogP contribution in [0.3, 0.4) is 0 Å². The molecule has 15 heavy (non-hydrogen) atoms. The summed E-state index contributed by atoms with van der Waals surface area (Å²) in [5.74, 6) is 0.799. The fourth-order valence-corrected chi connectivity index (χ4v) is 5.40. The maximum atomic E-state index is 9.60. The van der Waals surface area contributed by atoms with Gasteiger partial charge in [0.25, 0.3) is 0 Å². The van der Waals surface area contributed by atoms with Crippen LogP contribution in [0, 0.1) is 16.7 Å². The van der Waals surface area contributed by atoms with Gasteiger partial charge in [-0.25, -0.2) is 0 Å². The SMILES string of the molecule is CC12CC3CC(N)(C1)CC(CO)(C3)C2.Cl. The second-order valence-corrected chi connectivity index (χ2v) is 6.84. The number of hydrogen-bond donors (Lipinski definition) is 2. The Labute approximate surface area is 98.0 Å². The zero-order valence-corrected chi connectivity index (χ0v) is 10.3. The molecule has 0 aromatic rings. The van der Waals surface area contributed by atoms with Gasteiger partial charge in [0.1, 0.15) is 0 Å². The van der Waals surface area contributed by atoms with E-state index in [9.17, 15) is 5.11 Å². The van der Waals surface area contributed by atoms with Crippen LogP contribution in [0.15, 0.2) is 0 Å². The number of hydrogen-bond acceptors (Lipinski definition) is 2. The zero-order valence-electron chi connectivity index (χ0n) is 9.46. The minimum absolute atomic E-state index is 0. The molecule has 4 rings (SSSR count). The summed E-state index contributed by atoms with van der Waals surface area (Å²) in [7, 11) is 0. The third-order valence-corrected chi connectivity index (χ3v) is 4.84. The quantitative estimate of drug-likeness (QED) is 0.726. The van der Waals surface area contributed by atoms with Crippen LogP contribution in [0.5, 0.6) is 0 Å². The Bertz CT molecular complexity index is 263. The van der Waals surface area contributed by atoms with Crippen LogP contribution in [0.25, 0.3) is 0 Å². The summed E-state index contributed by atoms with van der Waals surface area (Å²) in [5, 5.41) is 9.60. The van der Waals surface area contributed by atoms with E-state index in [0.29, 0.717) is 12.0 Å². The molecule has 4 bridgehead atoms. The summed E-state index contributed by atoms with van der Waals surface area (Å²) in [4.78, 5) is 0. The van der Waals surface area contributed by atoms with Crippen molar-refractivity contribution in [2.24, 2.45) is 22.5 Å². The van der Waals surface area contributed by atoms with E-state index in [1.54, 1.807) is 0 Å². The fourth-order valence-electron chi connectivity index (χ4n) is 5.40. The zero-order chi connectivity index (χ0) is 10.0. The highest BCUT2D eigenvalue weighted by atomic mass is 35.5. The maximum absolute atomic E-state index is 9.60. The molecule has 0 saturated heterocycles. The molecule has 4 fully saturated rings. The molecular formula is C12H22ClNO. The molecule has 4 saturated carbocycles. The molecule has 88 valence electrons. The van der Waals surface area contributed by atoms with Gasteiger partial charge in [-0.2, -0.15) is 0 Å². The highest BCUT2D eigenvalue weighted by molar-refractivity contribution is 5.85. The molecule has 0 aliphatic heterocycles. The molecule has 3 N–H and O–H groups in total. The Morgan fingerprint density at radius 3 is 2.47 bits per heavy atom. The van der Waals surface area contributed by atoms with Crippen LogP contribution < -0.4 is 5.73 Å². The molecule has 0 heterocycles. The van der Waals surface area contributed by atoms with E-state index in [2.05, 4.69) is 6.92 Å². The highest BCUT2D eigenvalue weighted by Crippen LogP contribution is 2.65. The van der Waals surface area contributed by atoms with E-state index in [4.69, 9.17) is 5.73 Å². The normalized spacial score (nSPS) is 56.6. The van der Waals surface area contributed by atoms with Gasteiger partial charge in [-0.15, -0.1) is 12.4 Å². The first-order valence-electron chi connectivity index (χ1n) is 5.87. The Morgan fingerprint density at radius 1 is 1.20 bits per heavy atom. The summed E-state index contributed by atoms with van der Waals surface area (Å²) in [6.07, 6.45) is 7.28. The van der Waals surface area contributed by atoms with Crippen LogP contribution in [0.4, 0.5) is 0 Å². The van der Waals surface area contributed by atoms with Crippen LogP contribution >= 0.6 is 12.4 Å². The lowest BCUT2D eigenvalue weighted by Crippen LogP contribution is -2.64. The molecule has 2 nitrogen and oxygen atoms in total. The first kappa shape index (κ1) is 11.7. The van der Waals surface area contributed by atoms with Gasteiger partial charge < -0.3 is 10.8 Å². The van der Waals surface area contributed by atoms with E-state index in [1.165, 1.54) is 32.1 Å². The number of halogens is 1. The number of aliphatic hydroxyl groups is 1. The molecule has 0 aromatic heterocycles. The molecule has 3 heteroatoms. The number of aliphatic hydroxyl groups excluding tert-OH is 1. The lowest BCUT2D eigenvalue weighted by atomic mass is 9.42. The Morgan fingerprint density at radius 2 is 1.93 bits per heavy atom. The summed E-state index contributed by atoms with van der Waals surface area (Å²) >= 11 is 0. The van der Waals surface area contributed by atoms with Gasteiger partial charge in [-0.05, 0) is 55.3 Å². The molecule has 0 spiro atoms. The molecule has 0 amide bonds. The predicted octanol–water partition coefficient (Wildman–Crippen LogP) is 2.09. The van der Waals surface area contributed by atoms with Crippen molar-refractivity contribution >= 4 is 12.4 Å². The topological polar surface area (TPSA) is 46.2 Å². The third kappa shape index (κ3) is 1.62. The summed E-state index contributed by atoms with van der Waals surface area (Å²) < 4.78 is 0. The van der Waals surface area contributed by atoms with Crippen molar-refractivity contribution in [1.82, 2.24) is 0 Å². The second kappa shape index (κ2) is 3.12. The van der Waals surface area contributed by atoms with Gasteiger partial charge in [0.2, 0.25) is 0 Å².